The van der Waals surface area contributed by atoms with Gasteiger partial charge in [0.1, 0.15) is 11.9 Å². The SMILES string of the molecule is CCC(C)Cn1c(CNC(=O)C2CCCO2)nc2ccccc21. The molecular weight excluding hydrogens is 290 g/mol. The first-order valence-corrected chi connectivity index (χ1v) is 8.52. The Labute approximate surface area is 137 Å². The van der Waals surface area contributed by atoms with E-state index in [4.69, 9.17) is 9.72 Å². The molecule has 1 fully saturated rings. The second kappa shape index (κ2) is 7.13. The molecule has 23 heavy (non-hydrogen) atoms. The van der Waals surface area contributed by atoms with Crippen LogP contribution in [0.15, 0.2) is 24.3 Å². The summed E-state index contributed by atoms with van der Waals surface area (Å²) in [5, 5.41) is 2.99. The summed E-state index contributed by atoms with van der Waals surface area (Å²) in [6, 6.07) is 8.15. The molecular formula is C18H25N3O2. The summed E-state index contributed by atoms with van der Waals surface area (Å²) >= 11 is 0. The molecule has 0 spiro atoms. The van der Waals surface area contributed by atoms with Gasteiger partial charge in [0.25, 0.3) is 0 Å². The molecule has 1 aromatic carbocycles. The van der Waals surface area contributed by atoms with Gasteiger partial charge in [0.15, 0.2) is 0 Å². The number of para-hydroxylation sites is 2. The number of fused-ring (bicyclic) bond motifs is 1. The van der Waals surface area contributed by atoms with Crippen molar-refractivity contribution in [1.82, 2.24) is 14.9 Å². The highest BCUT2D eigenvalue weighted by Gasteiger charge is 2.23. The van der Waals surface area contributed by atoms with Gasteiger partial charge in [0.05, 0.1) is 17.6 Å². The zero-order valence-electron chi connectivity index (χ0n) is 13.9. The van der Waals surface area contributed by atoms with Gasteiger partial charge in [0, 0.05) is 13.2 Å². The lowest BCUT2D eigenvalue weighted by atomic mass is 10.1. The quantitative estimate of drug-likeness (QED) is 0.892. The van der Waals surface area contributed by atoms with E-state index in [0.717, 1.165) is 42.7 Å². The van der Waals surface area contributed by atoms with E-state index in [2.05, 4.69) is 29.8 Å². The number of carbonyl (C=O) groups is 1. The summed E-state index contributed by atoms with van der Waals surface area (Å²) in [5.41, 5.74) is 2.12. The van der Waals surface area contributed by atoms with E-state index in [-0.39, 0.29) is 12.0 Å². The topological polar surface area (TPSA) is 56.2 Å². The molecule has 1 saturated heterocycles. The number of nitrogens with one attached hydrogen (secondary N) is 1. The highest BCUT2D eigenvalue weighted by atomic mass is 16.5. The Hall–Kier alpha value is -1.88. The van der Waals surface area contributed by atoms with E-state index in [1.54, 1.807) is 0 Å². The molecule has 1 N–H and O–H groups in total. The highest BCUT2D eigenvalue weighted by Crippen LogP contribution is 2.19. The predicted molar refractivity (Wildman–Crippen MR) is 90.0 cm³/mol. The first kappa shape index (κ1) is 16.0. The van der Waals surface area contributed by atoms with E-state index in [9.17, 15) is 4.79 Å². The largest absolute Gasteiger partial charge is 0.368 e. The molecule has 1 aliphatic rings. The van der Waals surface area contributed by atoms with Crippen LogP contribution in [-0.4, -0.2) is 28.2 Å². The van der Waals surface area contributed by atoms with Crippen molar-refractivity contribution in [2.45, 2.75) is 52.3 Å². The molecule has 3 rings (SSSR count). The molecule has 2 atom stereocenters. The van der Waals surface area contributed by atoms with Gasteiger partial charge in [-0.2, -0.15) is 0 Å². The Morgan fingerprint density at radius 2 is 2.30 bits per heavy atom. The van der Waals surface area contributed by atoms with Gasteiger partial charge < -0.3 is 14.6 Å². The first-order chi connectivity index (χ1) is 11.2. The number of amides is 1. The number of hydrogen-bond donors (Lipinski definition) is 1. The summed E-state index contributed by atoms with van der Waals surface area (Å²) < 4.78 is 7.67. The van der Waals surface area contributed by atoms with Crippen LogP contribution < -0.4 is 5.32 Å². The van der Waals surface area contributed by atoms with E-state index in [0.29, 0.717) is 19.1 Å². The summed E-state index contributed by atoms with van der Waals surface area (Å²) in [4.78, 5) is 16.9. The van der Waals surface area contributed by atoms with Gasteiger partial charge in [-0.25, -0.2) is 4.98 Å². The van der Waals surface area contributed by atoms with Crippen molar-refractivity contribution in [2.24, 2.45) is 5.92 Å². The Morgan fingerprint density at radius 3 is 3.04 bits per heavy atom. The maximum atomic E-state index is 12.2. The molecule has 0 saturated carbocycles. The number of nitrogens with zero attached hydrogens (tertiary/aromatic N) is 2. The third-order valence-corrected chi connectivity index (χ3v) is 4.57. The Kier molecular flexibility index (Phi) is 4.96. The molecule has 5 heteroatoms. The minimum Gasteiger partial charge on any atom is -0.368 e. The van der Waals surface area contributed by atoms with Crippen LogP contribution in [-0.2, 0) is 22.6 Å². The second-order valence-electron chi connectivity index (χ2n) is 6.36. The third kappa shape index (κ3) is 3.55. The fourth-order valence-electron chi connectivity index (χ4n) is 2.97. The molecule has 2 heterocycles. The van der Waals surface area contributed by atoms with Crippen molar-refractivity contribution < 1.29 is 9.53 Å². The minimum atomic E-state index is -0.289. The van der Waals surface area contributed by atoms with Crippen molar-refractivity contribution in [3.8, 4) is 0 Å². The molecule has 2 aromatic rings. The normalized spacial score (nSPS) is 19.1. The van der Waals surface area contributed by atoms with Crippen molar-refractivity contribution in [1.29, 1.82) is 0 Å². The molecule has 1 aliphatic heterocycles. The zero-order chi connectivity index (χ0) is 16.2. The van der Waals surface area contributed by atoms with E-state index >= 15 is 0 Å². The van der Waals surface area contributed by atoms with E-state index < -0.39 is 0 Å². The number of rotatable bonds is 6. The molecule has 0 aliphatic carbocycles. The molecule has 1 aromatic heterocycles. The van der Waals surface area contributed by atoms with Gasteiger partial charge in [-0.3, -0.25) is 4.79 Å². The Balaban J connectivity index is 1.78. The average Bonchev–Trinajstić information content (AvgIpc) is 3.21. The minimum absolute atomic E-state index is 0.0235. The van der Waals surface area contributed by atoms with Crippen LogP contribution in [0.25, 0.3) is 11.0 Å². The summed E-state index contributed by atoms with van der Waals surface area (Å²) in [5.74, 6) is 1.46. The van der Waals surface area contributed by atoms with Crippen molar-refractivity contribution >= 4 is 16.9 Å². The molecule has 5 nitrogen and oxygen atoms in total. The van der Waals surface area contributed by atoms with Gasteiger partial charge in [0.2, 0.25) is 5.91 Å². The van der Waals surface area contributed by atoms with Gasteiger partial charge >= 0.3 is 0 Å². The summed E-state index contributed by atoms with van der Waals surface area (Å²) in [6.45, 7) is 6.49. The maximum Gasteiger partial charge on any atom is 0.249 e. The van der Waals surface area contributed by atoms with Crippen LogP contribution in [0.5, 0.6) is 0 Å². The van der Waals surface area contributed by atoms with Crippen LogP contribution in [0, 0.1) is 5.92 Å². The summed E-state index contributed by atoms with van der Waals surface area (Å²) in [7, 11) is 0. The van der Waals surface area contributed by atoms with Crippen LogP contribution >= 0.6 is 0 Å². The first-order valence-electron chi connectivity index (χ1n) is 8.52. The van der Waals surface area contributed by atoms with Crippen molar-refractivity contribution in [2.75, 3.05) is 6.61 Å². The fraction of sp³-hybridized carbons (Fsp3) is 0.556. The fourth-order valence-corrected chi connectivity index (χ4v) is 2.97. The molecule has 124 valence electrons. The zero-order valence-corrected chi connectivity index (χ0v) is 13.9. The van der Waals surface area contributed by atoms with Gasteiger partial charge in [-0.1, -0.05) is 32.4 Å². The number of hydrogen-bond acceptors (Lipinski definition) is 3. The van der Waals surface area contributed by atoms with Gasteiger partial charge in [-0.05, 0) is 30.9 Å². The lowest BCUT2D eigenvalue weighted by Gasteiger charge is -2.15. The summed E-state index contributed by atoms with van der Waals surface area (Å²) in [6.07, 6.45) is 2.61. The molecule has 0 bridgehead atoms. The molecule has 1 amide bonds. The number of aromatic nitrogens is 2. The monoisotopic (exact) mass is 315 g/mol. The Bertz CT molecular complexity index is 674. The van der Waals surface area contributed by atoms with Crippen LogP contribution in [0.1, 0.15) is 38.9 Å². The smallest absolute Gasteiger partial charge is 0.249 e. The number of carbonyl (C=O) groups excluding carboxylic acids is 1. The average molecular weight is 315 g/mol. The maximum absolute atomic E-state index is 12.2. The number of ether oxygens (including phenoxy) is 1. The third-order valence-electron chi connectivity index (χ3n) is 4.57. The van der Waals surface area contributed by atoms with Crippen LogP contribution in [0.3, 0.4) is 0 Å². The van der Waals surface area contributed by atoms with Crippen LogP contribution in [0.4, 0.5) is 0 Å². The predicted octanol–water partition coefficient (Wildman–Crippen LogP) is 2.88. The molecule has 2 unspecified atom stereocenters. The highest BCUT2D eigenvalue weighted by molar-refractivity contribution is 5.81. The lowest BCUT2D eigenvalue weighted by Crippen LogP contribution is -2.34. The molecule has 0 radical (unpaired) electrons. The second-order valence-corrected chi connectivity index (χ2v) is 6.36. The number of benzene rings is 1. The Morgan fingerprint density at radius 1 is 1.48 bits per heavy atom. The van der Waals surface area contributed by atoms with Crippen LogP contribution in [0.2, 0.25) is 0 Å². The van der Waals surface area contributed by atoms with Gasteiger partial charge in [-0.15, -0.1) is 0 Å². The van der Waals surface area contributed by atoms with E-state index in [1.165, 1.54) is 0 Å². The van der Waals surface area contributed by atoms with E-state index in [1.807, 2.05) is 18.2 Å². The van der Waals surface area contributed by atoms with Crippen molar-refractivity contribution in [3.05, 3.63) is 30.1 Å². The lowest BCUT2D eigenvalue weighted by molar-refractivity contribution is -0.130. The van der Waals surface area contributed by atoms with Crippen molar-refractivity contribution in [3.63, 3.8) is 0 Å². The number of imidazole rings is 1. The standard InChI is InChI=1S/C18H25N3O2/c1-3-13(2)12-21-15-8-5-4-7-14(15)20-17(21)11-19-18(22)16-9-6-10-23-16/h4-5,7-8,13,16H,3,6,9-12H2,1-2H3,(H,19,22).